The van der Waals surface area contributed by atoms with Gasteiger partial charge in [0.25, 0.3) is 0 Å². The van der Waals surface area contributed by atoms with Gasteiger partial charge in [-0.1, -0.05) is 29.8 Å². The maximum atomic E-state index is 6.17. The molecule has 0 aliphatic carbocycles. The summed E-state index contributed by atoms with van der Waals surface area (Å²) < 4.78 is 5.45. The molecule has 0 fully saturated rings. The number of hydrogen-bond donors (Lipinski definition) is 1. The quantitative estimate of drug-likeness (QED) is 0.886. The van der Waals surface area contributed by atoms with Crippen LogP contribution in [0.1, 0.15) is 12.5 Å². The van der Waals surface area contributed by atoms with Gasteiger partial charge in [0, 0.05) is 11.6 Å². The Labute approximate surface area is 119 Å². The molecule has 0 heterocycles. The molecule has 1 N–H and O–H groups in total. The smallest absolute Gasteiger partial charge is 0.119 e. The van der Waals surface area contributed by atoms with Gasteiger partial charge in [0.1, 0.15) is 5.75 Å². The molecule has 0 aromatic heterocycles. The largest absolute Gasteiger partial charge is 0.494 e. The van der Waals surface area contributed by atoms with Crippen molar-refractivity contribution in [3.8, 4) is 16.9 Å². The van der Waals surface area contributed by atoms with Crippen molar-refractivity contribution in [3.63, 3.8) is 0 Å². The second-order valence-corrected chi connectivity index (χ2v) is 4.70. The first kappa shape index (κ1) is 13.9. The van der Waals surface area contributed by atoms with Crippen LogP contribution in [0.2, 0.25) is 5.02 Å². The number of benzene rings is 2. The van der Waals surface area contributed by atoms with Gasteiger partial charge in [-0.05, 0) is 54.9 Å². The van der Waals surface area contributed by atoms with Crippen molar-refractivity contribution in [2.24, 2.45) is 0 Å². The molecule has 0 unspecified atom stereocenters. The highest BCUT2D eigenvalue weighted by Crippen LogP contribution is 2.26. The lowest BCUT2D eigenvalue weighted by molar-refractivity contribution is 0.340. The Kier molecular flexibility index (Phi) is 4.83. The highest BCUT2D eigenvalue weighted by molar-refractivity contribution is 6.31. The fourth-order valence-electron chi connectivity index (χ4n) is 1.99. The molecule has 0 radical (unpaired) electrons. The summed E-state index contributed by atoms with van der Waals surface area (Å²) in [4.78, 5) is 0. The standard InChI is InChI=1S/C16H18ClNO/c1-3-19-15-7-4-12(5-8-15)13-6-9-16(17)14(10-13)11-18-2/h4-10,18H,3,11H2,1-2H3. The van der Waals surface area contributed by atoms with Gasteiger partial charge in [-0.25, -0.2) is 0 Å². The van der Waals surface area contributed by atoms with E-state index in [1.54, 1.807) is 0 Å². The van der Waals surface area contributed by atoms with Crippen molar-refractivity contribution >= 4 is 11.6 Å². The molecule has 0 aliphatic heterocycles. The van der Waals surface area contributed by atoms with E-state index in [4.69, 9.17) is 16.3 Å². The third-order valence-corrected chi connectivity index (χ3v) is 3.28. The second kappa shape index (κ2) is 6.60. The van der Waals surface area contributed by atoms with Crippen molar-refractivity contribution in [1.29, 1.82) is 0 Å². The average Bonchev–Trinajstić information content (AvgIpc) is 2.43. The van der Waals surface area contributed by atoms with Crippen LogP contribution >= 0.6 is 11.6 Å². The number of hydrogen-bond acceptors (Lipinski definition) is 2. The minimum Gasteiger partial charge on any atom is -0.494 e. The second-order valence-electron chi connectivity index (χ2n) is 4.29. The first-order valence-corrected chi connectivity index (χ1v) is 6.78. The summed E-state index contributed by atoms with van der Waals surface area (Å²) in [5, 5.41) is 3.92. The molecule has 0 saturated heterocycles. The first-order valence-electron chi connectivity index (χ1n) is 6.41. The Morgan fingerprint density at radius 1 is 1.05 bits per heavy atom. The number of nitrogens with one attached hydrogen (secondary N) is 1. The van der Waals surface area contributed by atoms with Crippen LogP contribution < -0.4 is 10.1 Å². The molecule has 19 heavy (non-hydrogen) atoms. The molecule has 0 spiro atoms. The van der Waals surface area contributed by atoms with E-state index in [0.717, 1.165) is 34.0 Å². The summed E-state index contributed by atoms with van der Waals surface area (Å²) >= 11 is 6.17. The van der Waals surface area contributed by atoms with Gasteiger partial charge < -0.3 is 10.1 Å². The van der Waals surface area contributed by atoms with E-state index in [1.165, 1.54) is 0 Å². The summed E-state index contributed by atoms with van der Waals surface area (Å²) in [7, 11) is 1.92. The lowest BCUT2D eigenvalue weighted by atomic mass is 10.0. The molecule has 0 amide bonds. The van der Waals surface area contributed by atoms with E-state index in [2.05, 4.69) is 23.5 Å². The maximum absolute atomic E-state index is 6.17. The van der Waals surface area contributed by atoms with E-state index in [-0.39, 0.29) is 0 Å². The summed E-state index contributed by atoms with van der Waals surface area (Å²) in [5.41, 5.74) is 3.44. The van der Waals surface area contributed by atoms with E-state index in [1.807, 2.05) is 38.2 Å². The molecular formula is C16H18ClNO. The molecule has 0 aliphatic rings. The van der Waals surface area contributed by atoms with E-state index in [9.17, 15) is 0 Å². The topological polar surface area (TPSA) is 21.3 Å². The van der Waals surface area contributed by atoms with Gasteiger partial charge >= 0.3 is 0 Å². The van der Waals surface area contributed by atoms with Crippen molar-refractivity contribution in [3.05, 3.63) is 53.1 Å². The molecule has 2 nitrogen and oxygen atoms in total. The molecular weight excluding hydrogens is 258 g/mol. The van der Waals surface area contributed by atoms with Crippen LogP contribution in [0.3, 0.4) is 0 Å². The lowest BCUT2D eigenvalue weighted by Gasteiger charge is -2.09. The van der Waals surface area contributed by atoms with Crippen LogP contribution in [0.15, 0.2) is 42.5 Å². The van der Waals surface area contributed by atoms with Crippen molar-refractivity contribution in [2.75, 3.05) is 13.7 Å². The predicted octanol–water partition coefficient (Wildman–Crippen LogP) is 4.13. The van der Waals surface area contributed by atoms with Crippen LogP contribution in [0.25, 0.3) is 11.1 Å². The molecule has 3 heteroatoms. The number of ether oxygens (including phenoxy) is 1. The summed E-state index contributed by atoms with van der Waals surface area (Å²) in [6.45, 7) is 3.44. The third kappa shape index (κ3) is 3.49. The minimum atomic E-state index is 0.687. The molecule has 2 rings (SSSR count). The fourth-order valence-corrected chi connectivity index (χ4v) is 2.17. The fraction of sp³-hybridized carbons (Fsp3) is 0.250. The predicted molar refractivity (Wildman–Crippen MR) is 80.8 cm³/mol. The normalized spacial score (nSPS) is 10.5. The van der Waals surface area contributed by atoms with Gasteiger partial charge in [-0.15, -0.1) is 0 Å². The Bertz CT molecular complexity index is 537. The zero-order valence-electron chi connectivity index (χ0n) is 11.2. The van der Waals surface area contributed by atoms with Crippen LogP contribution in [-0.4, -0.2) is 13.7 Å². The van der Waals surface area contributed by atoms with E-state index >= 15 is 0 Å². The van der Waals surface area contributed by atoms with Gasteiger partial charge in [0.05, 0.1) is 6.61 Å². The van der Waals surface area contributed by atoms with Crippen molar-refractivity contribution in [2.45, 2.75) is 13.5 Å². The highest BCUT2D eigenvalue weighted by atomic mass is 35.5. The summed E-state index contributed by atoms with van der Waals surface area (Å²) in [6.07, 6.45) is 0. The molecule has 0 atom stereocenters. The van der Waals surface area contributed by atoms with Crippen LogP contribution in [0.4, 0.5) is 0 Å². The molecule has 100 valence electrons. The summed E-state index contributed by atoms with van der Waals surface area (Å²) in [5.74, 6) is 0.899. The molecule has 2 aromatic carbocycles. The SMILES string of the molecule is CCOc1ccc(-c2ccc(Cl)c(CNC)c2)cc1. The highest BCUT2D eigenvalue weighted by Gasteiger charge is 2.04. The summed E-state index contributed by atoms with van der Waals surface area (Å²) in [6, 6.07) is 14.2. The Morgan fingerprint density at radius 3 is 2.37 bits per heavy atom. The van der Waals surface area contributed by atoms with Crippen LogP contribution in [0.5, 0.6) is 5.75 Å². The average molecular weight is 276 g/mol. The van der Waals surface area contributed by atoms with Crippen molar-refractivity contribution in [1.82, 2.24) is 5.32 Å². The van der Waals surface area contributed by atoms with Crippen LogP contribution in [0, 0.1) is 0 Å². The molecule has 0 saturated carbocycles. The number of rotatable bonds is 5. The Morgan fingerprint density at radius 2 is 1.74 bits per heavy atom. The van der Waals surface area contributed by atoms with Gasteiger partial charge in [-0.3, -0.25) is 0 Å². The van der Waals surface area contributed by atoms with E-state index in [0.29, 0.717) is 6.61 Å². The lowest BCUT2D eigenvalue weighted by Crippen LogP contribution is -2.05. The minimum absolute atomic E-state index is 0.687. The first-order chi connectivity index (χ1) is 9.24. The van der Waals surface area contributed by atoms with Gasteiger partial charge in [0.2, 0.25) is 0 Å². The van der Waals surface area contributed by atoms with Gasteiger partial charge in [0.15, 0.2) is 0 Å². The van der Waals surface area contributed by atoms with Crippen LogP contribution in [-0.2, 0) is 6.54 Å². The molecule has 0 bridgehead atoms. The zero-order chi connectivity index (χ0) is 13.7. The number of halogens is 1. The molecule has 2 aromatic rings. The van der Waals surface area contributed by atoms with E-state index < -0.39 is 0 Å². The maximum Gasteiger partial charge on any atom is 0.119 e. The third-order valence-electron chi connectivity index (χ3n) is 2.91. The van der Waals surface area contributed by atoms with Crippen molar-refractivity contribution < 1.29 is 4.74 Å². The Balaban J connectivity index is 2.28. The van der Waals surface area contributed by atoms with Gasteiger partial charge in [-0.2, -0.15) is 0 Å². The monoisotopic (exact) mass is 275 g/mol. The Hall–Kier alpha value is -1.51. The zero-order valence-corrected chi connectivity index (χ0v) is 12.0.